The van der Waals surface area contributed by atoms with Crippen molar-refractivity contribution in [3.63, 3.8) is 0 Å². The summed E-state index contributed by atoms with van der Waals surface area (Å²) >= 11 is 0. The Hall–Kier alpha value is -0.120. The molecule has 3 aliphatic heterocycles. The number of nitrogens with zero attached hydrogens (tertiary/aromatic N) is 2. The van der Waals surface area contributed by atoms with E-state index in [4.69, 9.17) is 4.74 Å². The maximum Gasteiger partial charge on any atom is 0.0474 e. The van der Waals surface area contributed by atoms with Crippen molar-refractivity contribution in [1.29, 1.82) is 0 Å². The van der Waals surface area contributed by atoms with Crippen LogP contribution in [0.2, 0.25) is 0 Å². The maximum atomic E-state index is 5.09. The number of rotatable bonds is 5. The van der Waals surface area contributed by atoms with E-state index in [1.165, 1.54) is 32.5 Å². The number of hydrogen-bond donors (Lipinski definition) is 0. The van der Waals surface area contributed by atoms with Gasteiger partial charge in [-0.1, -0.05) is 0 Å². The normalized spacial score (nSPS) is 32.0. The minimum Gasteiger partial charge on any atom is -0.385 e. The van der Waals surface area contributed by atoms with E-state index in [1.807, 2.05) is 0 Å². The Labute approximate surface area is 93.4 Å². The average molecular weight is 212 g/mol. The van der Waals surface area contributed by atoms with Crippen molar-refractivity contribution in [3.05, 3.63) is 0 Å². The van der Waals surface area contributed by atoms with Gasteiger partial charge in [0.15, 0.2) is 0 Å². The van der Waals surface area contributed by atoms with Crippen LogP contribution in [0.5, 0.6) is 0 Å². The first-order chi connectivity index (χ1) is 7.22. The van der Waals surface area contributed by atoms with Gasteiger partial charge in [-0.25, -0.2) is 0 Å². The lowest BCUT2D eigenvalue weighted by atomic mass is 9.86. The van der Waals surface area contributed by atoms with Gasteiger partial charge < -0.3 is 9.64 Å². The van der Waals surface area contributed by atoms with Gasteiger partial charge in [0.05, 0.1) is 0 Å². The predicted molar refractivity (Wildman–Crippen MR) is 62.1 cm³/mol. The number of methoxy groups -OCH3 is 1. The molecule has 3 saturated heterocycles. The molecule has 3 heterocycles. The molecule has 0 N–H and O–H groups in total. The summed E-state index contributed by atoms with van der Waals surface area (Å²) < 4.78 is 5.09. The number of piperidine rings is 1. The molecule has 3 aliphatic rings. The molecule has 0 aliphatic carbocycles. The second kappa shape index (κ2) is 4.81. The summed E-state index contributed by atoms with van der Waals surface area (Å²) in [6.45, 7) is 9.31. The van der Waals surface area contributed by atoms with Crippen molar-refractivity contribution in [3.8, 4) is 0 Å². The molecule has 2 unspecified atom stereocenters. The lowest BCUT2D eigenvalue weighted by Gasteiger charge is -2.58. The topological polar surface area (TPSA) is 15.7 Å². The molecule has 15 heavy (non-hydrogen) atoms. The third-order valence-electron chi connectivity index (χ3n) is 3.74. The lowest BCUT2D eigenvalue weighted by molar-refractivity contribution is -0.0885. The minimum absolute atomic E-state index is 0.731. The highest BCUT2D eigenvalue weighted by atomic mass is 16.5. The summed E-state index contributed by atoms with van der Waals surface area (Å²) in [6, 6.07) is 2.41. The molecule has 2 bridgehead atoms. The smallest absolute Gasteiger partial charge is 0.0474 e. The Kier molecular flexibility index (Phi) is 3.65. The summed E-state index contributed by atoms with van der Waals surface area (Å²) in [7, 11) is 1.79. The van der Waals surface area contributed by atoms with E-state index in [2.05, 4.69) is 23.6 Å². The van der Waals surface area contributed by atoms with Gasteiger partial charge in [-0.15, -0.1) is 0 Å². The summed E-state index contributed by atoms with van der Waals surface area (Å²) in [6.07, 6.45) is 2.61. The average Bonchev–Trinajstić information content (AvgIpc) is 2.17. The highest BCUT2D eigenvalue weighted by molar-refractivity contribution is 5.01. The Balaban J connectivity index is 1.72. The van der Waals surface area contributed by atoms with Gasteiger partial charge in [0.1, 0.15) is 0 Å². The van der Waals surface area contributed by atoms with Gasteiger partial charge in [-0.2, -0.15) is 0 Å². The van der Waals surface area contributed by atoms with Crippen LogP contribution in [0.1, 0.15) is 26.7 Å². The fourth-order valence-corrected chi connectivity index (χ4v) is 3.18. The molecule has 0 radical (unpaired) electrons. The highest BCUT2D eigenvalue weighted by Gasteiger charge is 2.45. The van der Waals surface area contributed by atoms with Gasteiger partial charge in [-0.05, 0) is 26.7 Å². The van der Waals surface area contributed by atoms with Crippen LogP contribution in [0.4, 0.5) is 0 Å². The zero-order valence-corrected chi connectivity index (χ0v) is 10.3. The zero-order chi connectivity index (χ0) is 10.8. The fraction of sp³-hybridized carbons (Fsp3) is 1.00. The molecule has 3 fully saturated rings. The summed E-state index contributed by atoms with van der Waals surface area (Å²) in [5.74, 6) is 0. The Morgan fingerprint density at radius 1 is 1.27 bits per heavy atom. The van der Waals surface area contributed by atoms with Crippen molar-refractivity contribution in [2.45, 2.75) is 44.8 Å². The second-order valence-electron chi connectivity index (χ2n) is 5.19. The molecule has 0 amide bonds. The molecule has 0 aromatic heterocycles. The summed E-state index contributed by atoms with van der Waals surface area (Å²) in [4.78, 5) is 5.30. The minimum atomic E-state index is 0.731. The highest BCUT2D eigenvalue weighted by Crippen LogP contribution is 2.33. The van der Waals surface area contributed by atoms with Crippen LogP contribution in [0.15, 0.2) is 0 Å². The molecular weight excluding hydrogens is 188 g/mol. The van der Waals surface area contributed by atoms with Crippen molar-refractivity contribution >= 4 is 0 Å². The molecule has 2 atom stereocenters. The first kappa shape index (κ1) is 11.4. The maximum absolute atomic E-state index is 5.09. The standard InChI is InChI=1S/C12H24N2O/c1-10(2)14-11-7-12(14)9-13(8-11)5-4-6-15-3/h10-12H,4-9H2,1-3H3. The SMILES string of the molecule is COCCCN1CC2CC(C1)N2C(C)C. The monoisotopic (exact) mass is 212 g/mol. The van der Waals surface area contributed by atoms with E-state index in [1.54, 1.807) is 7.11 Å². The molecule has 0 spiro atoms. The van der Waals surface area contributed by atoms with Gasteiger partial charge in [0, 0.05) is 51.5 Å². The number of hydrogen-bond acceptors (Lipinski definition) is 3. The van der Waals surface area contributed by atoms with E-state index >= 15 is 0 Å². The molecule has 3 nitrogen and oxygen atoms in total. The van der Waals surface area contributed by atoms with E-state index in [-0.39, 0.29) is 0 Å². The van der Waals surface area contributed by atoms with Crippen LogP contribution in [0.3, 0.4) is 0 Å². The first-order valence-electron chi connectivity index (χ1n) is 6.21. The number of piperazine rings is 1. The summed E-state index contributed by atoms with van der Waals surface area (Å²) in [5, 5.41) is 0. The van der Waals surface area contributed by atoms with Crippen LogP contribution < -0.4 is 0 Å². The van der Waals surface area contributed by atoms with Gasteiger partial charge >= 0.3 is 0 Å². The largest absolute Gasteiger partial charge is 0.385 e. The van der Waals surface area contributed by atoms with E-state index in [0.717, 1.165) is 24.7 Å². The fourth-order valence-electron chi connectivity index (χ4n) is 3.18. The number of ether oxygens (including phenoxy) is 1. The van der Waals surface area contributed by atoms with Gasteiger partial charge in [0.25, 0.3) is 0 Å². The number of fused-ring (bicyclic) bond motifs is 2. The van der Waals surface area contributed by atoms with Crippen LogP contribution in [0, 0.1) is 0 Å². The van der Waals surface area contributed by atoms with Crippen LogP contribution >= 0.6 is 0 Å². The molecule has 0 saturated carbocycles. The van der Waals surface area contributed by atoms with E-state index in [9.17, 15) is 0 Å². The van der Waals surface area contributed by atoms with Crippen LogP contribution in [-0.4, -0.2) is 61.3 Å². The molecule has 3 heteroatoms. The van der Waals surface area contributed by atoms with Crippen molar-refractivity contribution in [1.82, 2.24) is 9.80 Å². The lowest BCUT2D eigenvalue weighted by Crippen LogP contribution is -2.70. The third-order valence-corrected chi connectivity index (χ3v) is 3.74. The van der Waals surface area contributed by atoms with Crippen molar-refractivity contribution in [2.75, 3.05) is 33.4 Å². The quantitative estimate of drug-likeness (QED) is 0.637. The van der Waals surface area contributed by atoms with Crippen LogP contribution in [0.25, 0.3) is 0 Å². The second-order valence-corrected chi connectivity index (χ2v) is 5.19. The molecule has 88 valence electrons. The van der Waals surface area contributed by atoms with E-state index < -0.39 is 0 Å². The third kappa shape index (κ3) is 2.35. The summed E-state index contributed by atoms with van der Waals surface area (Å²) in [5.41, 5.74) is 0. The van der Waals surface area contributed by atoms with Gasteiger partial charge in [-0.3, -0.25) is 4.90 Å². The first-order valence-corrected chi connectivity index (χ1v) is 6.21. The van der Waals surface area contributed by atoms with Crippen molar-refractivity contribution < 1.29 is 4.74 Å². The molecule has 0 aromatic rings. The molecule has 0 aromatic carbocycles. The molecular formula is C12H24N2O. The van der Waals surface area contributed by atoms with E-state index in [0.29, 0.717) is 0 Å². The van der Waals surface area contributed by atoms with Gasteiger partial charge in [0.2, 0.25) is 0 Å². The predicted octanol–water partition coefficient (Wildman–Crippen LogP) is 1.19. The zero-order valence-electron chi connectivity index (χ0n) is 10.3. The Bertz CT molecular complexity index is 196. The van der Waals surface area contributed by atoms with Crippen molar-refractivity contribution in [2.24, 2.45) is 0 Å². The Morgan fingerprint density at radius 2 is 1.93 bits per heavy atom. The Morgan fingerprint density at radius 3 is 2.47 bits per heavy atom. The molecule has 3 rings (SSSR count). The van der Waals surface area contributed by atoms with Crippen LogP contribution in [-0.2, 0) is 4.74 Å².